The highest BCUT2D eigenvalue weighted by Crippen LogP contribution is 2.27. The second-order valence-electron chi connectivity index (χ2n) is 6.24. The van der Waals surface area contributed by atoms with E-state index in [-0.39, 0.29) is 11.7 Å². The smallest absolute Gasteiger partial charge is 0.236 e. The molecular formula is C20H19N5OS2. The number of aryl methyl sites for hydroxylation is 1. The molecule has 4 rings (SSSR count). The van der Waals surface area contributed by atoms with Gasteiger partial charge in [-0.2, -0.15) is 0 Å². The molecule has 0 spiro atoms. The van der Waals surface area contributed by atoms with Crippen LogP contribution in [0.15, 0.2) is 53.7 Å². The van der Waals surface area contributed by atoms with E-state index in [0.717, 1.165) is 33.3 Å². The molecule has 4 aromatic rings. The van der Waals surface area contributed by atoms with Crippen LogP contribution in [0.1, 0.15) is 12.5 Å². The van der Waals surface area contributed by atoms with Gasteiger partial charge in [-0.25, -0.2) is 4.98 Å². The van der Waals surface area contributed by atoms with Gasteiger partial charge in [-0.1, -0.05) is 59.5 Å². The summed E-state index contributed by atoms with van der Waals surface area (Å²) >= 11 is 2.86. The first-order valence-corrected chi connectivity index (χ1v) is 10.7. The van der Waals surface area contributed by atoms with Crippen LogP contribution in [0, 0.1) is 6.92 Å². The molecule has 0 aliphatic rings. The van der Waals surface area contributed by atoms with E-state index in [1.165, 1.54) is 28.7 Å². The molecule has 0 unspecified atom stereocenters. The molecule has 0 atom stereocenters. The Hall–Kier alpha value is -2.71. The molecular weight excluding hydrogens is 390 g/mol. The van der Waals surface area contributed by atoms with Crippen LogP contribution in [-0.4, -0.2) is 31.4 Å². The van der Waals surface area contributed by atoms with Crippen molar-refractivity contribution in [1.29, 1.82) is 0 Å². The summed E-state index contributed by atoms with van der Waals surface area (Å²) in [5, 5.41) is 12.8. The lowest BCUT2D eigenvalue weighted by atomic mass is 10.2. The van der Waals surface area contributed by atoms with E-state index in [1.807, 2.05) is 60.9 Å². The fourth-order valence-corrected chi connectivity index (χ4v) is 4.63. The Morgan fingerprint density at radius 3 is 2.79 bits per heavy atom. The van der Waals surface area contributed by atoms with Crippen LogP contribution in [0.4, 0.5) is 5.13 Å². The van der Waals surface area contributed by atoms with Gasteiger partial charge >= 0.3 is 0 Å². The van der Waals surface area contributed by atoms with Gasteiger partial charge in [-0.15, -0.1) is 10.2 Å². The number of hydrogen-bond donors (Lipinski definition) is 1. The zero-order chi connectivity index (χ0) is 19.5. The molecule has 1 amide bonds. The molecule has 2 heterocycles. The lowest BCUT2D eigenvalue weighted by molar-refractivity contribution is -0.113. The first-order chi connectivity index (χ1) is 13.6. The predicted octanol–water partition coefficient (Wildman–Crippen LogP) is 4.61. The van der Waals surface area contributed by atoms with Gasteiger partial charge in [-0.05, 0) is 31.5 Å². The molecule has 0 aliphatic carbocycles. The first-order valence-electron chi connectivity index (χ1n) is 8.92. The third kappa shape index (κ3) is 3.93. The van der Waals surface area contributed by atoms with Crippen molar-refractivity contribution in [1.82, 2.24) is 19.7 Å². The van der Waals surface area contributed by atoms with E-state index in [0.29, 0.717) is 5.13 Å². The maximum Gasteiger partial charge on any atom is 0.236 e. The SMILES string of the molecule is CCn1c(SCC(=O)Nc2nc3ccc(C)cc3s2)nnc1-c1ccccc1. The van der Waals surface area contributed by atoms with Crippen molar-refractivity contribution in [3.8, 4) is 11.4 Å². The zero-order valence-corrected chi connectivity index (χ0v) is 17.2. The average molecular weight is 410 g/mol. The van der Waals surface area contributed by atoms with E-state index in [1.54, 1.807) is 0 Å². The molecule has 2 aromatic carbocycles. The maximum atomic E-state index is 12.4. The summed E-state index contributed by atoms with van der Waals surface area (Å²) in [6.07, 6.45) is 0. The van der Waals surface area contributed by atoms with Crippen LogP contribution in [0.5, 0.6) is 0 Å². The van der Waals surface area contributed by atoms with E-state index in [9.17, 15) is 4.79 Å². The number of thioether (sulfide) groups is 1. The molecule has 142 valence electrons. The minimum atomic E-state index is -0.104. The fraction of sp³-hybridized carbons (Fsp3) is 0.200. The number of nitrogens with one attached hydrogen (secondary N) is 1. The standard InChI is InChI=1S/C20H19N5OS2/c1-3-25-18(14-7-5-4-6-8-14)23-24-20(25)27-12-17(26)22-19-21-15-10-9-13(2)11-16(15)28-19/h4-11H,3,12H2,1-2H3,(H,21,22,26). The topological polar surface area (TPSA) is 72.7 Å². The second-order valence-corrected chi connectivity index (χ2v) is 8.22. The van der Waals surface area contributed by atoms with Gasteiger partial charge in [0.05, 0.1) is 16.0 Å². The van der Waals surface area contributed by atoms with Crippen molar-refractivity contribution in [2.45, 2.75) is 25.5 Å². The van der Waals surface area contributed by atoms with E-state index < -0.39 is 0 Å². The van der Waals surface area contributed by atoms with Crippen molar-refractivity contribution < 1.29 is 4.79 Å². The Kier molecular flexibility index (Phi) is 5.40. The number of aromatic nitrogens is 4. The number of thiazole rings is 1. The van der Waals surface area contributed by atoms with Crippen molar-refractivity contribution in [3.05, 3.63) is 54.1 Å². The monoisotopic (exact) mass is 409 g/mol. The van der Waals surface area contributed by atoms with Gasteiger partial charge in [0.15, 0.2) is 16.1 Å². The van der Waals surface area contributed by atoms with Gasteiger partial charge in [0.1, 0.15) is 0 Å². The number of hydrogen-bond acceptors (Lipinski definition) is 6. The summed E-state index contributed by atoms with van der Waals surface area (Å²) in [6.45, 7) is 4.82. The highest BCUT2D eigenvalue weighted by Gasteiger charge is 2.15. The van der Waals surface area contributed by atoms with Gasteiger partial charge in [-0.3, -0.25) is 4.79 Å². The first kappa shape index (κ1) is 18.6. The number of fused-ring (bicyclic) bond motifs is 1. The quantitative estimate of drug-likeness (QED) is 0.471. The number of nitrogens with zero attached hydrogens (tertiary/aromatic N) is 4. The molecule has 0 saturated carbocycles. The van der Waals surface area contributed by atoms with Gasteiger partial charge in [0.25, 0.3) is 0 Å². The molecule has 1 N–H and O–H groups in total. The molecule has 0 bridgehead atoms. The van der Waals surface area contributed by atoms with E-state index >= 15 is 0 Å². The van der Waals surface area contributed by atoms with Crippen molar-refractivity contribution in [2.24, 2.45) is 0 Å². The lowest BCUT2D eigenvalue weighted by Gasteiger charge is -2.07. The number of benzene rings is 2. The minimum absolute atomic E-state index is 0.104. The molecule has 6 nitrogen and oxygen atoms in total. The number of anilines is 1. The number of rotatable bonds is 6. The van der Waals surface area contributed by atoms with Crippen LogP contribution in [0.3, 0.4) is 0 Å². The molecule has 0 saturated heterocycles. The Bertz CT molecular complexity index is 1120. The van der Waals surface area contributed by atoms with Gasteiger partial charge in [0, 0.05) is 12.1 Å². The largest absolute Gasteiger partial charge is 0.302 e. The Morgan fingerprint density at radius 1 is 1.18 bits per heavy atom. The predicted molar refractivity (Wildman–Crippen MR) is 115 cm³/mol. The lowest BCUT2D eigenvalue weighted by Crippen LogP contribution is -2.14. The van der Waals surface area contributed by atoms with Crippen LogP contribution >= 0.6 is 23.1 Å². The number of amides is 1. The molecule has 0 fully saturated rings. The van der Waals surface area contributed by atoms with Crippen LogP contribution < -0.4 is 5.32 Å². The fourth-order valence-electron chi connectivity index (χ4n) is 2.85. The highest BCUT2D eigenvalue weighted by molar-refractivity contribution is 7.99. The number of carbonyl (C=O) groups is 1. The zero-order valence-electron chi connectivity index (χ0n) is 15.5. The Morgan fingerprint density at radius 2 is 2.00 bits per heavy atom. The Labute approximate surface area is 171 Å². The summed E-state index contributed by atoms with van der Waals surface area (Å²) in [5.74, 6) is 0.960. The third-order valence-corrected chi connectivity index (χ3v) is 6.09. The van der Waals surface area contributed by atoms with E-state index in [4.69, 9.17) is 0 Å². The molecule has 0 aliphatic heterocycles. The summed E-state index contributed by atoms with van der Waals surface area (Å²) in [4.78, 5) is 16.9. The summed E-state index contributed by atoms with van der Waals surface area (Å²) in [7, 11) is 0. The average Bonchev–Trinajstić information content (AvgIpc) is 3.29. The van der Waals surface area contributed by atoms with Crippen LogP contribution in [0.2, 0.25) is 0 Å². The normalized spacial score (nSPS) is 11.1. The number of carbonyl (C=O) groups excluding carboxylic acids is 1. The molecule has 0 radical (unpaired) electrons. The van der Waals surface area contributed by atoms with Crippen LogP contribution in [-0.2, 0) is 11.3 Å². The highest BCUT2D eigenvalue weighted by atomic mass is 32.2. The van der Waals surface area contributed by atoms with Crippen LogP contribution in [0.25, 0.3) is 21.6 Å². The van der Waals surface area contributed by atoms with Crippen molar-refractivity contribution >= 4 is 44.4 Å². The molecule has 28 heavy (non-hydrogen) atoms. The minimum Gasteiger partial charge on any atom is -0.302 e. The molecule has 2 aromatic heterocycles. The van der Waals surface area contributed by atoms with Gasteiger partial charge in [0.2, 0.25) is 5.91 Å². The summed E-state index contributed by atoms with van der Waals surface area (Å²) < 4.78 is 3.09. The van der Waals surface area contributed by atoms with Crippen molar-refractivity contribution in [3.63, 3.8) is 0 Å². The van der Waals surface area contributed by atoms with Crippen molar-refractivity contribution in [2.75, 3.05) is 11.1 Å². The maximum absolute atomic E-state index is 12.4. The summed E-state index contributed by atoms with van der Waals surface area (Å²) in [6, 6.07) is 16.0. The third-order valence-electron chi connectivity index (χ3n) is 4.19. The second kappa shape index (κ2) is 8.12. The Balaban J connectivity index is 1.44. The summed E-state index contributed by atoms with van der Waals surface area (Å²) in [5.41, 5.74) is 3.09. The van der Waals surface area contributed by atoms with Gasteiger partial charge < -0.3 is 9.88 Å². The van der Waals surface area contributed by atoms with E-state index in [2.05, 4.69) is 26.6 Å². The molecule has 8 heteroatoms.